The first kappa shape index (κ1) is 11.3. The molecule has 0 unspecified atom stereocenters. The van der Waals surface area contributed by atoms with E-state index in [4.69, 9.17) is 0 Å². The fraction of sp³-hybridized carbons (Fsp3) is 0.200. The Morgan fingerprint density at radius 3 is 2.75 bits per heavy atom. The molecule has 0 aliphatic carbocycles. The molecule has 0 atom stereocenters. The van der Waals surface area contributed by atoms with Crippen molar-refractivity contribution < 1.29 is 4.39 Å². The Labute approximate surface area is 105 Å². The third kappa shape index (κ3) is 1.89. The Bertz CT molecular complexity index is 603. The monoisotopic (exact) mass is 333 g/mol. The summed E-state index contributed by atoms with van der Waals surface area (Å²) in [6.45, 7) is 1.83. The average molecular weight is 333 g/mol. The highest BCUT2D eigenvalue weighted by atomic mass is 127. The summed E-state index contributed by atoms with van der Waals surface area (Å²) in [5, 5.41) is 2.45. The van der Waals surface area contributed by atoms with E-state index in [0.29, 0.717) is 11.4 Å². The number of aromatic nitrogens is 3. The highest BCUT2D eigenvalue weighted by Gasteiger charge is 2.13. The van der Waals surface area contributed by atoms with Crippen LogP contribution in [-0.4, -0.2) is 14.8 Å². The van der Waals surface area contributed by atoms with E-state index in [-0.39, 0.29) is 5.82 Å². The lowest BCUT2D eigenvalue weighted by Crippen LogP contribution is -2.03. The van der Waals surface area contributed by atoms with Crippen molar-refractivity contribution in [2.75, 3.05) is 0 Å². The molecule has 84 valence electrons. The Balaban J connectivity index is 2.69. The summed E-state index contributed by atoms with van der Waals surface area (Å²) in [5.74, 6) is -0.0690. The Morgan fingerprint density at radius 1 is 1.50 bits per heavy atom. The second-order valence-corrected chi connectivity index (χ2v) is 4.65. The van der Waals surface area contributed by atoms with E-state index in [1.807, 2.05) is 6.92 Å². The SMILES string of the molecule is Cc1cc(F)c(-c2nc(=O)[nH]n2C)cc1I. The second-order valence-electron chi connectivity index (χ2n) is 3.49. The average Bonchev–Trinajstić information content (AvgIpc) is 2.51. The molecule has 1 N–H and O–H groups in total. The number of aryl methyl sites for hydroxylation is 2. The minimum Gasteiger partial charge on any atom is -0.269 e. The van der Waals surface area contributed by atoms with Crippen LogP contribution in [0.3, 0.4) is 0 Å². The Kier molecular flexibility index (Phi) is 2.83. The predicted molar refractivity (Wildman–Crippen MR) is 66.7 cm³/mol. The van der Waals surface area contributed by atoms with Crippen LogP contribution >= 0.6 is 22.6 Å². The van der Waals surface area contributed by atoms with Crippen LogP contribution < -0.4 is 5.69 Å². The molecule has 2 rings (SSSR count). The van der Waals surface area contributed by atoms with Crippen molar-refractivity contribution in [2.45, 2.75) is 6.92 Å². The lowest BCUT2D eigenvalue weighted by molar-refractivity contribution is 0.625. The van der Waals surface area contributed by atoms with Crippen LogP contribution in [0.25, 0.3) is 11.4 Å². The van der Waals surface area contributed by atoms with E-state index >= 15 is 0 Å². The highest BCUT2D eigenvalue weighted by molar-refractivity contribution is 14.1. The van der Waals surface area contributed by atoms with E-state index in [1.54, 1.807) is 13.1 Å². The van der Waals surface area contributed by atoms with Crippen molar-refractivity contribution in [3.63, 3.8) is 0 Å². The molecule has 0 radical (unpaired) electrons. The van der Waals surface area contributed by atoms with Crippen molar-refractivity contribution >= 4 is 22.6 Å². The normalized spacial score (nSPS) is 10.8. The summed E-state index contributed by atoms with van der Waals surface area (Å²) in [5.41, 5.74) is 0.714. The Morgan fingerprint density at radius 2 is 2.19 bits per heavy atom. The van der Waals surface area contributed by atoms with Gasteiger partial charge in [-0.15, -0.1) is 0 Å². The third-order valence-electron chi connectivity index (χ3n) is 2.28. The number of aromatic amines is 1. The van der Waals surface area contributed by atoms with E-state index in [1.165, 1.54) is 10.7 Å². The quantitative estimate of drug-likeness (QED) is 0.810. The molecule has 0 fully saturated rings. The van der Waals surface area contributed by atoms with Gasteiger partial charge in [0, 0.05) is 10.6 Å². The van der Waals surface area contributed by atoms with Crippen molar-refractivity contribution in [3.8, 4) is 11.4 Å². The molecule has 0 aliphatic rings. The van der Waals surface area contributed by atoms with Crippen LogP contribution in [0, 0.1) is 16.3 Å². The van der Waals surface area contributed by atoms with Crippen LogP contribution in [0.15, 0.2) is 16.9 Å². The summed E-state index contributed by atoms with van der Waals surface area (Å²) in [6.07, 6.45) is 0. The molecule has 4 nitrogen and oxygen atoms in total. The topological polar surface area (TPSA) is 50.7 Å². The molecule has 0 spiro atoms. The fourth-order valence-electron chi connectivity index (χ4n) is 1.45. The van der Waals surface area contributed by atoms with Crippen LogP contribution in [0.2, 0.25) is 0 Å². The number of hydrogen-bond acceptors (Lipinski definition) is 2. The zero-order chi connectivity index (χ0) is 11.9. The largest absolute Gasteiger partial charge is 0.361 e. The van der Waals surface area contributed by atoms with Gasteiger partial charge in [0.1, 0.15) is 5.82 Å². The third-order valence-corrected chi connectivity index (χ3v) is 3.44. The van der Waals surface area contributed by atoms with Gasteiger partial charge in [0.2, 0.25) is 0 Å². The summed E-state index contributed by atoms with van der Waals surface area (Å²) < 4.78 is 16.1. The highest BCUT2D eigenvalue weighted by Crippen LogP contribution is 2.24. The molecule has 16 heavy (non-hydrogen) atoms. The number of H-pyrrole nitrogens is 1. The molecular weight excluding hydrogens is 324 g/mol. The van der Waals surface area contributed by atoms with Gasteiger partial charge in [-0.25, -0.2) is 14.3 Å². The Hall–Kier alpha value is -1.18. The minimum absolute atomic E-state index is 0.306. The summed E-state index contributed by atoms with van der Waals surface area (Å²) in [7, 11) is 1.62. The van der Waals surface area contributed by atoms with E-state index < -0.39 is 5.69 Å². The first-order valence-corrected chi connectivity index (χ1v) is 5.66. The second kappa shape index (κ2) is 4.00. The number of benzene rings is 1. The number of halogens is 2. The first-order chi connectivity index (χ1) is 7.49. The van der Waals surface area contributed by atoms with Gasteiger partial charge in [0.15, 0.2) is 5.82 Å². The molecule has 1 aromatic carbocycles. The summed E-state index contributed by atoms with van der Waals surface area (Å²) >= 11 is 2.12. The molecule has 0 aliphatic heterocycles. The standard InChI is InChI=1S/C10H9FIN3O/c1-5-3-7(11)6(4-8(5)12)9-13-10(16)14-15(9)2/h3-4H,1-2H3,(H,14,16). The van der Waals surface area contributed by atoms with Crippen molar-refractivity contribution in [3.05, 3.63) is 37.6 Å². The van der Waals surface area contributed by atoms with Crippen LogP contribution in [0.1, 0.15) is 5.56 Å². The van der Waals surface area contributed by atoms with Gasteiger partial charge in [0.05, 0.1) is 5.56 Å². The lowest BCUT2D eigenvalue weighted by atomic mass is 10.1. The van der Waals surface area contributed by atoms with Crippen LogP contribution in [0.5, 0.6) is 0 Å². The fourth-order valence-corrected chi connectivity index (χ4v) is 1.92. The van der Waals surface area contributed by atoms with Crippen molar-refractivity contribution in [1.82, 2.24) is 14.8 Å². The lowest BCUT2D eigenvalue weighted by Gasteiger charge is -2.05. The summed E-state index contributed by atoms with van der Waals surface area (Å²) in [6, 6.07) is 3.12. The molecule has 0 saturated carbocycles. The molecule has 1 heterocycles. The van der Waals surface area contributed by atoms with Crippen molar-refractivity contribution in [2.24, 2.45) is 7.05 Å². The van der Waals surface area contributed by atoms with E-state index in [2.05, 4.69) is 32.7 Å². The van der Waals surface area contributed by atoms with Crippen molar-refractivity contribution in [1.29, 1.82) is 0 Å². The van der Waals surface area contributed by atoms with Gasteiger partial charge in [-0.05, 0) is 47.2 Å². The number of nitrogens with zero attached hydrogens (tertiary/aromatic N) is 2. The number of hydrogen-bond donors (Lipinski definition) is 1. The molecule has 0 amide bonds. The van der Waals surface area contributed by atoms with E-state index in [0.717, 1.165) is 9.13 Å². The molecule has 0 saturated heterocycles. The number of nitrogens with one attached hydrogen (secondary N) is 1. The summed E-state index contributed by atoms with van der Waals surface area (Å²) in [4.78, 5) is 14.8. The van der Waals surface area contributed by atoms with Gasteiger partial charge in [-0.1, -0.05) is 0 Å². The predicted octanol–water partition coefficient (Wildman–Crippen LogP) is 1.83. The van der Waals surface area contributed by atoms with E-state index in [9.17, 15) is 9.18 Å². The molecule has 6 heteroatoms. The molecule has 0 bridgehead atoms. The van der Waals surface area contributed by atoms with Gasteiger partial charge >= 0.3 is 5.69 Å². The zero-order valence-electron chi connectivity index (χ0n) is 8.71. The first-order valence-electron chi connectivity index (χ1n) is 4.58. The maximum atomic E-state index is 13.7. The van der Waals surface area contributed by atoms with Gasteiger partial charge in [-0.3, -0.25) is 4.68 Å². The maximum Gasteiger partial charge on any atom is 0.361 e. The van der Waals surface area contributed by atoms with Crippen LogP contribution in [-0.2, 0) is 7.05 Å². The molecule has 1 aromatic heterocycles. The maximum absolute atomic E-state index is 13.7. The minimum atomic E-state index is -0.479. The number of rotatable bonds is 1. The van der Waals surface area contributed by atoms with Crippen LogP contribution in [0.4, 0.5) is 4.39 Å². The van der Waals surface area contributed by atoms with Gasteiger partial charge < -0.3 is 0 Å². The molecular formula is C10H9FIN3O. The zero-order valence-corrected chi connectivity index (χ0v) is 10.9. The van der Waals surface area contributed by atoms with Gasteiger partial charge in [-0.2, -0.15) is 4.98 Å². The molecule has 2 aromatic rings. The van der Waals surface area contributed by atoms with Gasteiger partial charge in [0.25, 0.3) is 0 Å². The smallest absolute Gasteiger partial charge is 0.269 e.